The fraction of sp³-hybridized carbons (Fsp3) is 0.667. The first-order valence-electron chi connectivity index (χ1n) is 6.61. The normalized spacial score (nSPS) is 40.1. The Morgan fingerprint density at radius 2 is 2.06 bits per heavy atom. The minimum absolute atomic E-state index is 0.0667. The first-order valence-corrected chi connectivity index (χ1v) is 6.61. The fourth-order valence-electron chi connectivity index (χ4n) is 3.66. The summed E-state index contributed by atoms with van der Waals surface area (Å²) in [7, 11) is 0. The lowest BCUT2D eigenvalue weighted by Gasteiger charge is -2.51. The lowest BCUT2D eigenvalue weighted by molar-refractivity contribution is -0.137. The van der Waals surface area contributed by atoms with E-state index >= 15 is 0 Å². The molecule has 0 radical (unpaired) electrons. The Morgan fingerprint density at radius 1 is 1.39 bits per heavy atom. The second-order valence-electron chi connectivity index (χ2n) is 6.24. The summed E-state index contributed by atoms with van der Waals surface area (Å²) in [6, 6.07) is 0. The van der Waals surface area contributed by atoms with Gasteiger partial charge < -0.3 is 10.2 Å². The van der Waals surface area contributed by atoms with Crippen molar-refractivity contribution in [2.24, 2.45) is 11.3 Å². The smallest absolute Gasteiger partial charge is 0.333 e. The SMILES string of the molecule is C=C1CCC[C@]2(C)CC[C@@](O)(C(=C)C(=O)O)C[C@@H]12. The number of aliphatic hydroxyl groups is 1. The maximum absolute atomic E-state index is 11.0. The van der Waals surface area contributed by atoms with Crippen LogP contribution in [0.15, 0.2) is 24.3 Å². The number of carbonyl (C=O) groups is 1. The van der Waals surface area contributed by atoms with Crippen LogP contribution >= 0.6 is 0 Å². The number of hydrogen-bond donors (Lipinski definition) is 2. The van der Waals surface area contributed by atoms with Gasteiger partial charge in [0.05, 0.1) is 11.2 Å². The monoisotopic (exact) mass is 250 g/mol. The summed E-state index contributed by atoms with van der Waals surface area (Å²) in [5, 5.41) is 19.6. The number of allylic oxidation sites excluding steroid dienone is 1. The number of carboxylic acid groups (broad SMARTS) is 1. The molecule has 2 fully saturated rings. The molecule has 2 rings (SSSR count). The predicted octanol–water partition coefficient (Wildman–Crippen LogP) is 2.90. The molecule has 0 aromatic carbocycles. The third kappa shape index (κ3) is 2.01. The molecule has 2 aliphatic carbocycles. The zero-order valence-corrected chi connectivity index (χ0v) is 11.0. The van der Waals surface area contributed by atoms with Gasteiger partial charge in [-0.2, -0.15) is 0 Å². The van der Waals surface area contributed by atoms with Crippen molar-refractivity contribution in [1.82, 2.24) is 0 Å². The van der Waals surface area contributed by atoms with Gasteiger partial charge in [0.1, 0.15) is 0 Å². The van der Waals surface area contributed by atoms with Crippen LogP contribution in [0.25, 0.3) is 0 Å². The minimum atomic E-state index is -1.25. The van der Waals surface area contributed by atoms with E-state index in [1.807, 2.05) is 0 Å². The van der Waals surface area contributed by atoms with E-state index in [0.29, 0.717) is 12.8 Å². The molecule has 2 N–H and O–H groups in total. The first kappa shape index (κ1) is 13.3. The van der Waals surface area contributed by atoms with E-state index in [4.69, 9.17) is 5.11 Å². The summed E-state index contributed by atoms with van der Waals surface area (Å²) in [4.78, 5) is 11.0. The summed E-state index contributed by atoms with van der Waals surface area (Å²) < 4.78 is 0. The van der Waals surface area contributed by atoms with Crippen molar-refractivity contribution < 1.29 is 15.0 Å². The average molecular weight is 250 g/mol. The van der Waals surface area contributed by atoms with Crippen LogP contribution in [0.3, 0.4) is 0 Å². The Hall–Kier alpha value is -1.09. The number of aliphatic carboxylic acids is 1. The topological polar surface area (TPSA) is 57.5 Å². The van der Waals surface area contributed by atoms with E-state index in [1.54, 1.807) is 0 Å². The second-order valence-corrected chi connectivity index (χ2v) is 6.24. The van der Waals surface area contributed by atoms with Gasteiger partial charge in [-0.05, 0) is 49.9 Å². The molecule has 0 aromatic heterocycles. The highest BCUT2D eigenvalue weighted by molar-refractivity contribution is 5.88. The summed E-state index contributed by atoms with van der Waals surface area (Å²) >= 11 is 0. The third-order valence-corrected chi connectivity index (χ3v) is 5.05. The molecule has 0 heterocycles. The molecule has 0 saturated heterocycles. The van der Waals surface area contributed by atoms with Crippen LogP contribution in [0.5, 0.6) is 0 Å². The van der Waals surface area contributed by atoms with Gasteiger partial charge in [-0.15, -0.1) is 0 Å². The Morgan fingerprint density at radius 3 is 2.67 bits per heavy atom. The molecule has 3 atom stereocenters. The number of carboxylic acids is 1. The van der Waals surface area contributed by atoms with Crippen molar-refractivity contribution in [2.45, 2.75) is 51.0 Å². The highest BCUT2D eigenvalue weighted by atomic mass is 16.4. The Labute approximate surface area is 108 Å². The average Bonchev–Trinajstić information content (AvgIpc) is 2.30. The Kier molecular flexibility index (Phi) is 3.14. The third-order valence-electron chi connectivity index (χ3n) is 5.05. The summed E-state index contributed by atoms with van der Waals surface area (Å²) in [5.41, 5.74) is 0.0272. The molecule has 18 heavy (non-hydrogen) atoms. The molecule has 3 nitrogen and oxygen atoms in total. The van der Waals surface area contributed by atoms with Crippen LogP contribution < -0.4 is 0 Å². The standard InChI is InChI=1S/C15H22O3/c1-10-5-4-6-14(3)7-8-15(18,9-12(10)14)11(2)13(16)17/h12,18H,1-2,4-9H2,3H3,(H,16,17)/t12-,14+,15-/m0/s1. The van der Waals surface area contributed by atoms with Crippen LogP contribution in [0.2, 0.25) is 0 Å². The maximum atomic E-state index is 11.0. The van der Waals surface area contributed by atoms with Crippen molar-refractivity contribution in [3.63, 3.8) is 0 Å². The predicted molar refractivity (Wildman–Crippen MR) is 70.2 cm³/mol. The second kappa shape index (κ2) is 4.23. The lowest BCUT2D eigenvalue weighted by atomic mass is 9.55. The van der Waals surface area contributed by atoms with Crippen molar-refractivity contribution in [2.75, 3.05) is 0 Å². The molecule has 0 unspecified atom stereocenters. The van der Waals surface area contributed by atoms with Gasteiger partial charge in [0.2, 0.25) is 0 Å². The molecule has 0 spiro atoms. The maximum Gasteiger partial charge on any atom is 0.333 e. The van der Waals surface area contributed by atoms with E-state index in [1.165, 1.54) is 5.57 Å². The largest absolute Gasteiger partial charge is 0.478 e. The fourth-order valence-corrected chi connectivity index (χ4v) is 3.66. The molecule has 2 aliphatic rings. The van der Waals surface area contributed by atoms with Gasteiger partial charge in [-0.25, -0.2) is 4.79 Å². The van der Waals surface area contributed by atoms with Crippen LogP contribution in [-0.4, -0.2) is 21.8 Å². The molecule has 0 bridgehead atoms. The number of rotatable bonds is 2. The first-order chi connectivity index (χ1) is 8.28. The van der Waals surface area contributed by atoms with Gasteiger partial charge in [-0.3, -0.25) is 0 Å². The van der Waals surface area contributed by atoms with Crippen LogP contribution in [-0.2, 0) is 4.79 Å². The van der Waals surface area contributed by atoms with Crippen LogP contribution in [0.4, 0.5) is 0 Å². The molecule has 0 amide bonds. The van der Waals surface area contributed by atoms with E-state index in [-0.39, 0.29) is 16.9 Å². The van der Waals surface area contributed by atoms with Gasteiger partial charge >= 0.3 is 5.97 Å². The summed E-state index contributed by atoms with van der Waals surface area (Å²) in [5.74, 6) is -0.872. The highest BCUT2D eigenvalue weighted by Gasteiger charge is 2.50. The van der Waals surface area contributed by atoms with E-state index in [9.17, 15) is 9.90 Å². The lowest BCUT2D eigenvalue weighted by Crippen LogP contribution is -2.48. The van der Waals surface area contributed by atoms with Gasteiger partial charge in [0, 0.05) is 0 Å². The molecular formula is C15H22O3. The summed E-state index contributed by atoms with van der Waals surface area (Å²) in [6.45, 7) is 9.92. The van der Waals surface area contributed by atoms with Crippen molar-refractivity contribution in [3.8, 4) is 0 Å². The quantitative estimate of drug-likeness (QED) is 0.585. The molecule has 100 valence electrons. The van der Waals surface area contributed by atoms with E-state index in [2.05, 4.69) is 20.1 Å². The molecule has 3 heteroatoms. The summed E-state index contributed by atoms with van der Waals surface area (Å²) in [6.07, 6.45) is 5.11. The van der Waals surface area contributed by atoms with Gasteiger partial charge in [0.25, 0.3) is 0 Å². The van der Waals surface area contributed by atoms with Crippen LogP contribution in [0.1, 0.15) is 45.4 Å². The Bertz CT molecular complexity index is 412. The number of hydrogen-bond acceptors (Lipinski definition) is 2. The van der Waals surface area contributed by atoms with E-state index in [0.717, 1.165) is 25.7 Å². The molecule has 0 aromatic rings. The minimum Gasteiger partial charge on any atom is -0.478 e. The highest BCUT2D eigenvalue weighted by Crippen LogP contribution is 2.55. The van der Waals surface area contributed by atoms with Gasteiger partial charge in [0.15, 0.2) is 0 Å². The van der Waals surface area contributed by atoms with E-state index < -0.39 is 11.6 Å². The van der Waals surface area contributed by atoms with Crippen molar-refractivity contribution >= 4 is 5.97 Å². The number of fused-ring (bicyclic) bond motifs is 1. The van der Waals surface area contributed by atoms with Crippen molar-refractivity contribution in [1.29, 1.82) is 0 Å². The molecule has 0 aliphatic heterocycles. The van der Waals surface area contributed by atoms with Crippen LogP contribution in [0, 0.1) is 11.3 Å². The van der Waals surface area contributed by atoms with Gasteiger partial charge in [-0.1, -0.05) is 25.7 Å². The zero-order valence-electron chi connectivity index (χ0n) is 11.0. The molecule has 2 saturated carbocycles. The zero-order chi connectivity index (χ0) is 13.6. The molecular weight excluding hydrogens is 228 g/mol. The Balaban J connectivity index is 2.25. The van der Waals surface area contributed by atoms with Crippen molar-refractivity contribution in [3.05, 3.63) is 24.3 Å².